The molecule has 0 radical (unpaired) electrons. The fraction of sp³-hybridized carbons (Fsp3) is 0.231. The van der Waals surface area contributed by atoms with Gasteiger partial charge in [-0.25, -0.2) is 4.79 Å². The molecule has 1 heterocycles. The smallest absolute Gasteiger partial charge is 0.323 e. The number of hydrogen-bond donors (Lipinski definition) is 2. The van der Waals surface area contributed by atoms with Crippen molar-refractivity contribution in [2.24, 2.45) is 0 Å². The lowest BCUT2D eigenvalue weighted by Gasteiger charge is -2.27. The van der Waals surface area contributed by atoms with Crippen LogP contribution in [0.3, 0.4) is 0 Å². The average molecular weight is 446 g/mol. The summed E-state index contributed by atoms with van der Waals surface area (Å²) in [4.78, 5) is 27.4. The van der Waals surface area contributed by atoms with Crippen molar-refractivity contribution in [2.45, 2.75) is 18.9 Å². The van der Waals surface area contributed by atoms with E-state index in [1.807, 2.05) is 53.4 Å². The zero-order valence-corrected chi connectivity index (χ0v) is 18.7. The first kappa shape index (κ1) is 22.2. The molecule has 1 saturated heterocycles. The molecule has 0 spiro atoms. The maximum absolute atomic E-state index is 13.3. The monoisotopic (exact) mass is 445 g/mol. The fourth-order valence-electron chi connectivity index (χ4n) is 4.11. The number of urea groups is 1. The Morgan fingerprint density at radius 3 is 2.24 bits per heavy atom. The Morgan fingerprint density at radius 2 is 1.58 bits per heavy atom. The molecule has 0 saturated carbocycles. The zero-order valence-electron chi connectivity index (χ0n) is 18.7. The number of carbonyl (C=O) groups excluding carboxylic acids is 2. The summed E-state index contributed by atoms with van der Waals surface area (Å²) < 4.78 is 10.9. The molecule has 1 atom stereocenters. The average Bonchev–Trinajstić information content (AvgIpc) is 3.34. The highest BCUT2D eigenvalue weighted by atomic mass is 16.5. The Bertz CT molecular complexity index is 1120. The number of rotatable bonds is 6. The molecule has 1 aliphatic rings. The van der Waals surface area contributed by atoms with Crippen molar-refractivity contribution >= 4 is 23.3 Å². The highest BCUT2D eigenvalue weighted by Gasteiger charge is 2.32. The third kappa shape index (κ3) is 5.09. The van der Waals surface area contributed by atoms with Gasteiger partial charge in [0.25, 0.3) is 5.91 Å². The molecule has 0 bridgehead atoms. The van der Waals surface area contributed by atoms with E-state index in [1.165, 1.54) is 0 Å². The van der Waals surface area contributed by atoms with Crippen LogP contribution in [0.5, 0.6) is 11.5 Å². The van der Waals surface area contributed by atoms with Crippen molar-refractivity contribution < 1.29 is 19.1 Å². The molecule has 7 nitrogen and oxygen atoms in total. The van der Waals surface area contributed by atoms with Crippen LogP contribution in [-0.2, 0) is 0 Å². The molecule has 33 heavy (non-hydrogen) atoms. The van der Waals surface area contributed by atoms with E-state index in [4.69, 9.17) is 9.47 Å². The number of amides is 3. The van der Waals surface area contributed by atoms with Gasteiger partial charge in [-0.3, -0.25) is 4.79 Å². The number of para-hydroxylation sites is 1. The van der Waals surface area contributed by atoms with Crippen molar-refractivity contribution in [1.82, 2.24) is 4.90 Å². The summed E-state index contributed by atoms with van der Waals surface area (Å²) in [5.74, 6) is 1.42. The molecule has 1 aliphatic heterocycles. The van der Waals surface area contributed by atoms with Gasteiger partial charge in [0.2, 0.25) is 0 Å². The lowest BCUT2D eigenvalue weighted by Crippen LogP contribution is -2.30. The van der Waals surface area contributed by atoms with Crippen molar-refractivity contribution in [1.29, 1.82) is 0 Å². The number of benzene rings is 3. The van der Waals surface area contributed by atoms with Gasteiger partial charge in [0, 0.05) is 29.0 Å². The highest BCUT2D eigenvalue weighted by Crippen LogP contribution is 2.39. The number of carbonyl (C=O) groups is 2. The van der Waals surface area contributed by atoms with E-state index >= 15 is 0 Å². The largest absolute Gasteiger partial charge is 0.497 e. The molecule has 4 rings (SSSR count). The molecular weight excluding hydrogens is 418 g/mol. The first-order chi connectivity index (χ1) is 16.1. The van der Waals surface area contributed by atoms with Crippen molar-refractivity contribution in [3.05, 3.63) is 83.9 Å². The standard InChI is InChI=1S/C26H27N3O4/c1-32-21-14-15-24(33-2)22(17-21)23-9-6-16-29(23)25(30)18-10-12-20(13-11-18)28-26(31)27-19-7-4-3-5-8-19/h3-5,7-8,10-15,17,23H,6,9,16H2,1-2H3,(H2,27,28,31). The second-order valence-electron chi connectivity index (χ2n) is 7.79. The van der Waals surface area contributed by atoms with Gasteiger partial charge in [-0.2, -0.15) is 0 Å². The number of nitrogens with one attached hydrogen (secondary N) is 2. The molecule has 0 aliphatic carbocycles. The number of hydrogen-bond acceptors (Lipinski definition) is 4. The van der Waals surface area contributed by atoms with E-state index in [0.29, 0.717) is 23.5 Å². The minimum atomic E-state index is -0.343. The third-order valence-corrected chi connectivity index (χ3v) is 5.73. The summed E-state index contributed by atoms with van der Waals surface area (Å²) in [5.41, 5.74) is 2.82. The van der Waals surface area contributed by atoms with E-state index in [1.54, 1.807) is 38.5 Å². The second kappa shape index (κ2) is 10.1. The summed E-state index contributed by atoms with van der Waals surface area (Å²) >= 11 is 0. The fourth-order valence-corrected chi connectivity index (χ4v) is 4.11. The van der Waals surface area contributed by atoms with Crippen molar-refractivity contribution in [3.8, 4) is 11.5 Å². The van der Waals surface area contributed by atoms with Gasteiger partial charge in [0.1, 0.15) is 11.5 Å². The van der Waals surface area contributed by atoms with Gasteiger partial charge < -0.3 is 25.0 Å². The Balaban J connectivity index is 1.46. The molecule has 7 heteroatoms. The first-order valence-corrected chi connectivity index (χ1v) is 10.8. The van der Waals surface area contributed by atoms with Crippen molar-refractivity contribution in [3.63, 3.8) is 0 Å². The van der Waals surface area contributed by atoms with E-state index in [0.717, 1.165) is 29.9 Å². The number of anilines is 2. The van der Waals surface area contributed by atoms with E-state index in [-0.39, 0.29) is 18.0 Å². The van der Waals surface area contributed by atoms with Crippen LogP contribution >= 0.6 is 0 Å². The molecule has 3 aromatic rings. The third-order valence-electron chi connectivity index (χ3n) is 5.73. The van der Waals surface area contributed by atoms with E-state index < -0.39 is 0 Å². The second-order valence-corrected chi connectivity index (χ2v) is 7.79. The van der Waals surface area contributed by atoms with E-state index in [2.05, 4.69) is 10.6 Å². The molecule has 1 fully saturated rings. The van der Waals surface area contributed by atoms with Gasteiger partial charge in [0.05, 0.1) is 20.3 Å². The van der Waals surface area contributed by atoms with Crippen LogP contribution in [-0.4, -0.2) is 37.6 Å². The minimum Gasteiger partial charge on any atom is -0.497 e. The van der Waals surface area contributed by atoms with Gasteiger partial charge in [-0.15, -0.1) is 0 Å². The Morgan fingerprint density at radius 1 is 0.879 bits per heavy atom. The highest BCUT2D eigenvalue weighted by molar-refractivity contribution is 6.00. The first-order valence-electron chi connectivity index (χ1n) is 10.8. The van der Waals surface area contributed by atoms with Crippen molar-refractivity contribution in [2.75, 3.05) is 31.4 Å². The molecule has 170 valence electrons. The summed E-state index contributed by atoms with van der Waals surface area (Å²) in [5, 5.41) is 5.55. The summed E-state index contributed by atoms with van der Waals surface area (Å²) in [6, 6.07) is 21.4. The zero-order chi connectivity index (χ0) is 23.2. The predicted molar refractivity (Wildman–Crippen MR) is 128 cm³/mol. The maximum Gasteiger partial charge on any atom is 0.323 e. The van der Waals surface area contributed by atoms with E-state index in [9.17, 15) is 9.59 Å². The molecule has 3 amide bonds. The molecule has 3 aromatic carbocycles. The van der Waals surface area contributed by atoms with Crippen LogP contribution in [0.15, 0.2) is 72.8 Å². The summed E-state index contributed by atoms with van der Waals surface area (Å²) in [6.45, 7) is 0.670. The normalized spacial score (nSPS) is 15.1. The number of likely N-dealkylation sites (tertiary alicyclic amines) is 1. The Kier molecular flexibility index (Phi) is 6.78. The van der Waals surface area contributed by atoms with Crippen LogP contribution in [0.1, 0.15) is 34.8 Å². The Labute approximate surface area is 193 Å². The minimum absolute atomic E-state index is 0.0531. The lowest BCUT2D eigenvalue weighted by molar-refractivity contribution is 0.0734. The molecular formula is C26H27N3O4. The number of ether oxygens (including phenoxy) is 2. The number of methoxy groups -OCH3 is 2. The van der Waals surface area contributed by atoms with Crippen LogP contribution < -0.4 is 20.1 Å². The molecule has 2 N–H and O–H groups in total. The predicted octanol–water partition coefficient (Wildman–Crippen LogP) is 5.33. The SMILES string of the molecule is COc1ccc(OC)c(C2CCCN2C(=O)c2ccc(NC(=O)Nc3ccccc3)cc2)c1. The van der Waals surface area contributed by atoms with Gasteiger partial charge in [0.15, 0.2) is 0 Å². The summed E-state index contributed by atoms with van der Waals surface area (Å²) in [7, 11) is 3.25. The quantitative estimate of drug-likeness (QED) is 0.538. The van der Waals surface area contributed by atoms with Gasteiger partial charge in [-0.05, 0) is 67.4 Å². The van der Waals surface area contributed by atoms with Crippen LogP contribution in [0.25, 0.3) is 0 Å². The van der Waals surface area contributed by atoms with Crippen LogP contribution in [0, 0.1) is 0 Å². The lowest BCUT2D eigenvalue weighted by atomic mass is 10.0. The molecule has 0 aromatic heterocycles. The molecule has 1 unspecified atom stereocenters. The van der Waals surface area contributed by atoms with Crippen LogP contribution in [0.4, 0.5) is 16.2 Å². The summed E-state index contributed by atoms with van der Waals surface area (Å²) in [6.07, 6.45) is 1.77. The van der Waals surface area contributed by atoms with Gasteiger partial charge >= 0.3 is 6.03 Å². The number of nitrogens with zero attached hydrogens (tertiary/aromatic N) is 1. The van der Waals surface area contributed by atoms with Gasteiger partial charge in [-0.1, -0.05) is 18.2 Å². The topological polar surface area (TPSA) is 79.9 Å². The van der Waals surface area contributed by atoms with Crippen LogP contribution in [0.2, 0.25) is 0 Å². The Hall–Kier alpha value is -4.00. The maximum atomic E-state index is 13.3.